The fourth-order valence-electron chi connectivity index (χ4n) is 7.55. The highest BCUT2D eigenvalue weighted by atomic mass is 32.1. The van der Waals surface area contributed by atoms with Gasteiger partial charge in [-0.3, -0.25) is 0 Å². The van der Waals surface area contributed by atoms with E-state index in [0.717, 1.165) is 0 Å². The van der Waals surface area contributed by atoms with Crippen LogP contribution in [-0.4, -0.2) is 233 Å². The fraction of sp³-hybridized carbons (Fsp3) is 1.00. The summed E-state index contributed by atoms with van der Waals surface area (Å²) in [5.41, 5.74) is 0. The summed E-state index contributed by atoms with van der Waals surface area (Å²) in [6.45, 7) is 12.0. The van der Waals surface area contributed by atoms with E-state index in [9.17, 15) is 0 Å². The monoisotopic (exact) mass is 1270 g/mol. The van der Waals surface area contributed by atoms with E-state index in [1.165, 1.54) is 57.2 Å². The van der Waals surface area contributed by atoms with Gasteiger partial charge in [0, 0.05) is 154 Å². The smallest absolute Gasteiger partial charge is 0.667 e. The predicted octanol–water partition coefficient (Wildman–Crippen LogP) is 4.45. The van der Waals surface area contributed by atoms with Crippen molar-refractivity contribution in [2.24, 2.45) is 0 Å². The molecule has 2 saturated heterocycles. The van der Waals surface area contributed by atoms with Gasteiger partial charge in [-0.25, -0.2) is 0 Å². The Balaban J connectivity index is 0. The van der Waals surface area contributed by atoms with Gasteiger partial charge in [-0.15, -0.1) is 0 Å². The Hall–Kier alpha value is 1.91. The van der Waals surface area contributed by atoms with E-state index in [1.54, 1.807) is 84.8 Å². The van der Waals surface area contributed by atoms with E-state index in [4.69, 9.17) is 114 Å². The molecule has 0 aromatic heterocycles. The molecule has 2 unspecified atom stereocenters. The van der Waals surface area contributed by atoms with Gasteiger partial charge in [0.2, 0.25) is 0 Å². The number of hydrogen-bond acceptors (Lipinski definition) is 26. The molecule has 0 N–H and O–H groups in total. The Morgan fingerprint density at radius 2 is 0.528 bits per heavy atom. The maximum Gasteiger partial charge on any atom is 0.667 e. The van der Waals surface area contributed by atoms with E-state index in [2.05, 4.69) is 26.2 Å². The molecular formula is C33H92O26SSi12-2. The van der Waals surface area contributed by atoms with Crippen LogP contribution in [0.5, 0.6) is 0 Å². The molecule has 2 aliphatic rings. The van der Waals surface area contributed by atoms with Crippen LogP contribution in [0.4, 0.5) is 0 Å². The van der Waals surface area contributed by atoms with Gasteiger partial charge in [0.05, 0.1) is 0 Å². The van der Waals surface area contributed by atoms with Gasteiger partial charge in [-0.1, -0.05) is 7.40 Å². The third kappa shape index (κ3) is 20.8. The first-order valence-electron chi connectivity index (χ1n) is 23.1. The normalized spacial score (nSPS) is 26.8. The van der Waals surface area contributed by atoms with Crippen molar-refractivity contribution in [1.82, 2.24) is 0 Å². The molecule has 0 aromatic rings. The standard InChI is InChI=1S/C24H64O15Si8.C8H24O11Si4.CH4.S/c1-25-40(12,26-2)17-18-41(13)36-42(14,19-22-45(27-3,28-4)29-5)38-44(16,21-24-47(33-9,34-10)35-11)39-43(15,37-41)20-23-46(30-6,31-7)32-8;1-9-20(8)16-21(10-2,11-3)18-23(14-6,15-7)19-22(12-4,13-5)17-20;;/h17-24H2,1-16H3;1-8H3;1H4;/q;;;-2/i;;1T;. The van der Waals surface area contributed by atoms with Crippen molar-refractivity contribution in [2.75, 3.05) is 128 Å². The number of rotatable bonds is 30. The summed E-state index contributed by atoms with van der Waals surface area (Å²) in [4.78, 5) is 0. The highest BCUT2D eigenvalue weighted by molar-refractivity contribution is 7.37. The maximum atomic E-state index is 7.32. The van der Waals surface area contributed by atoms with Crippen LogP contribution in [0.1, 0.15) is 8.77 Å². The summed E-state index contributed by atoms with van der Waals surface area (Å²) in [6, 6.07) is 4.43. The van der Waals surface area contributed by atoms with E-state index in [-0.39, 0.29) is 13.5 Å². The molecule has 0 aromatic carbocycles. The van der Waals surface area contributed by atoms with Crippen LogP contribution < -0.4 is 0 Å². The van der Waals surface area contributed by atoms with Gasteiger partial charge in [-0.2, -0.15) is 0 Å². The minimum absolute atomic E-state index is 0. The average molecular weight is 1280 g/mol. The summed E-state index contributed by atoms with van der Waals surface area (Å²) < 4.78 is 160. The number of hydrogen-bond donors (Lipinski definition) is 0. The SMILES string of the molecule is CO[Si](C)(CC[Si]1(C)O[Si](C)(CC[Si](OC)(OC)OC)O[Si](C)(CC[Si](OC)(OC)OC)O[Si](C)(CC[Si](OC)(OC)OC)O1)OC.CO[Si]1(C)O[Si](OC)(OC)O[Si](OC)(OC)O[Si](OC)(OC)O1.[3H]C.[S-2]. The molecule has 0 aliphatic carbocycles. The van der Waals surface area contributed by atoms with Crippen molar-refractivity contribution in [1.29, 1.82) is 0 Å². The second kappa shape index (κ2) is 32.4. The zero-order chi connectivity index (χ0) is 56.0. The van der Waals surface area contributed by atoms with Gasteiger partial charge in [0.15, 0.2) is 0 Å². The van der Waals surface area contributed by atoms with Crippen molar-refractivity contribution < 1.29 is 114 Å². The topological polar surface area (TPSA) is 240 Å². The van der Waals surface area contributed by atoms with E-state index in [0.29, 0.717) is 48.4 Å². The Labute approximate surface area is 453 Å². The zero-order valence-electron chi connectivity index (χ0n) is 48.7. The van der Waals surface area contributed by atoms with Crippen molar-refractivity contribution >= 4 is 119 Å². The largest absolute Gasteiger partial charge is 2.00 e. The summed E-state index contributed by atoms with van der Waals surface area (Å²) in [5.74, 6) is 0. The molecule has 2 fully saturated rings. The highest BCUT2D eigenvalue weighted by Gasteiger charge is 2.71. The molecule has 72 heavy (non-hydrogen) atoms. The molecule has 0 bridgehead atoms. The van der Waals surface area contributed by atoms with Crippen molar-refractivity contribution in [2.45, 2.75) is 95.0 Å². The lowest BCUT2D eigenvalue weighted by Crippen LogP contribution is -2.73. The van der Waals surface area contributed by atoms with Crippen LogP contribution in [0.3, 0.4) is 0 Å². The molecule has 26 nitrogen and oxygen atoms in total. The van der Waals surface area contributed by atoms with Gasteiger partial charge >= 0.3 is 105 Å². The molecule has 0 spiro atoms. The first kappa shape index (κ1) is 73.9. The Bertz CT molecular complexity index is 1410. The van der Waals surface area contributed by atoms with Crippen molar-refractivity contribution in [3.63, 3.8) is 0 Å². The quantitative estimate of drug-likeness (QED) is 0.0903. The lowest BCUT2D eigenvalue weighted by molar-refractivity contribution is -0.0627. The van der Waals surface area contributed by atoms with Gasteiger partial charge in [-0.05, 0) is 63.0 Å². The van der Waals surface area contributed by atoms with Gasteiger partial charge < -0.3 is 126 Å². The molecule has 2 aliphatic heterocycles. The van der Waals surface area contributed by atoms with E-state index >= 15 is 0 Å². The van der Waals surface area contributed by atoms with Crippen LogP contribution in [0.2, 0.25) is 87.6 Å². The molecule has 436 valence electrons. The van der Waals surface area contributed by atoms with E-state index in [1.807, 2.05) is 6.55 Å². The Kier molecular flexibility index (Phi) is 33.2. The predicted molar refractivity (Wildman–Crippen MR) is 292 cm³/mol. The maximum absolute atomic E-state index is 7.32. The third-order valence-corrected chi connectivity index (χ3v) is 56.3. The summed E-state index contributed by atoms with van der Waals surface area (Å²) in [5, 5.41) is 0. The van der Waals surface area contributed by atoms with Crippen LogP contribution in [0.15, 0.2) is 0 Å². The van der Waals surface area contributed by atoms with Crippen LogP contribution in [-0.2, 0) is 126 Å². The second-order valence-electron chi connectivity index (χ2n) is 16.6. The highest BCUT2D eigenvalue weighted by Crippen LogP contribution is 2.42. The third-order valence-electron chi connectivity index (χ3n) is 12.1. The van der Waals surface area contributed by atoms with E-state index < -0.39 is 105 Å². The van der Waals surface area contributed by atoms with Gasteiger partial charge in [0.1, 0.15) is 0 Å². The average Bonchev–Trinajstić information content (AvgIpc) is 3.38. The summed E-state index contributed by atoms with van der Waals surface area (Å²) >= 11 is 0. The van der Waals surface area contributed by atoms with Crippen LogP contribution in [0, 0.1) is 0 Å². The lowest BCUT2D eigenvalue weighted by atomic mass is 10.9. The van der Waals surface area contributed by atoms with Crippen molar-refractivity contribution in [3.8, 4) is 0 Å². The Morgan fingerprint density at radius 3 is 0.708 bits per heavy atom. The Morgan fingerprint density at radius 1 is 0.319 bits per heavy atom. The molecule has 39 heteroatoms. The van der Waals surface area contributed by atoms with Crippen LogP contribution in [0.25, 0.3) is 0 Å². The lowest BCUT2D eigenvalue weighted by Gasteiger charge is -2.51. The van der Waals surface area contributed by atoms with Crippen molar-refractivity contribution in [3.05, 3.63) is 0 Å². The second-order valence-corrected chi connectivity index (χ2v) is 54.6. The zero-order valence-corrected chi connectivity index (χ0v) is 60.5. The fourth-order valence-corrected chi connectivity index (χ4v) is 57.7. The molecule has 2 atom stereocenters. The molecule has 0 saturated carbocycles. The molecule has 0 radical (unpaired) electrons. The first-order valence-corrected chi connectivity index (χ1v) is 47.7. The van der Waals surface area contributed by atoms with Gasteiger partial charge in [0.25, 0.3) is 0 Å². The minimum atomic E-state index is -3.80. The molecule has 2 heterocycles. The first-order chi connectivity index (χ1) is 33.6. The molecule has 0 amide bonds. The minimum Gasteiger partial charge on any atom is -2.00 e. The van der Waals surface area contributed by atoms with Crippen LogP contribution >= 0.6 is 0 Å². The summed E-state index contributed by atoms with van der Waals surface area (Å²) in [6.07, 6.45) is 0. The summed E-state index contributed by atoms with van der Waals surface area (Å²) in [7, 11) is -9.59. The molecular weight excluding hydrogens is 1180 g/mol. The molecule has 2 rings (SSSR count).